The van der Waals surface area contributed by atoms with Gasteiger partial charge in [0.1, 0.15) is 5.82 Å². The van der Waals surface area contributed by atoms with E-state index >= 15 is 0 Å². The third-order valence-corrected chi connectivity index (χ3v) is 4.27. The summed E-state index contributed by atoms with van der Waals surface area (Å²) in [5, 5.41) is 0. The van der Waals surface area contributed by atoms with Crippen LogP contribution >= 0.6 is 11.8 Å². The molecule has 0 aromatic heterocycles. The lowest BCUT2D eigenvalue weighted by atomic mass is 10.1. The second-order valence-electron chi connectivity index (χ2n) is 4.62. The molecule has 0 spiro atoms. The zero-order valence-corrected chi connectivity index (χ0v) is 12.7. The Labute approximate surface area is 127 Å². The van der Waals surface area contributed by atoms with Crippen LogP contribution in [0.1, 0.15) is 21.5 Å². The summed E-state index contributed by atoms with van der Waals surface area (Å²) in [5.74, 6) is -0.634. The number of rotatable bonds is 4. The number of halogens is 1. The highest BCUT2D eigenvalue weighted by atomic mass is 32.2. The molecule has 3 nitrogen and oxygen atoms in total. The van der Waals surface area contributed by atoms with Crippen molar-refractivity contribution in [2.45, 2.75) is 17.6 Å². The number of thioether (sulfide) groups is 1. The molecule has 0 heterocycles. The molecule has 21 heavy (non-hydrogen) atoms. The minimum Gasteiger partial charge on any atom is -0.465 e. The Morgan fingerprint density at radius 1 is 1.29 bits per heavy atom. The SMILES string of the molecule is COC(=O)c1ccc(CSc2cc(N)ccc2C)cc1F. The predicted octanol–water partition coefficient (Wildman–Crippen LogP) is 3.80. The van der Waals surface area contributed by atoms with Gasteiger partial charge in [0.15, 0.2) is 0 Å². The molecule has 0 radical (unpaired) electrons. The lowest BCUT2D eigenvalue weighted by molar-refractivity contribution is 0.0595. The first-order chi connectivity index (χ1) is 10.0. The van der Waals surface area contributed by atoms with Crippen molar-refractivity contribution in [1.29, 1.82) is 0 Å². The number of aryl methyl sites for hydroxylation is 1. The molecule has 0 aliphatic rings. The van der Waals surface area contributed by atoms with E-state index in [2.05, 4.69) is 4.74 Å². The third-order valence-electron chi connectivity index (χ3n) is 3.05. The van der Waals surface area contributed by atoms with Gasteiger partial charge in [-0.1, -0.05) is 12.1 Å². The van der Waals surface area contributed by atoms with Gasteiger partial charge in [-0.15, -0.1) is 11.8 Å². The molecule has 2 aromatic carbocycles. The van der Waals surface area contributed by atoms with Crippen molar-refractivity contribution in [3.8, 4) is 0 Å². The van der Waals surface area contributed by atoms with Gasteiger partial charge in [-0.3, -0.25) is 0 Å². The van der Waals surface area contributed by atoms with E-state index in [1.807, 2.05) is 25.1 Å². The fourth-order valence-corrected chi connectivity index (χ4v) is 2.87. The molecule has 0 saturated carbocycles. The van der Waals surface area contributed by atoms with Crippen molar-refractivity contribution in [1.82, 2.24) is 0 Å². The number of nitrogens with two attached hydrogens (primary N) is 1. The second kappa shape index (κ2) is 6.63. The van der Waals surface area contributed by atoms with Crippen molar-refractivity contribution in [3.63, 3.8) is 0 Å². The molecule has 0 atom stereocenters. The van der Waals surface area contributed by atoms with Gasteiger partial charge in [-0.05, 0) is 42.3 Å². The Morgan fingerprint density at radius 3 is 2.71 bits per heavy atom. The Kier molecular flexibility index (Phi) is 4.85. The second-order valence-corrected chi connectivity index (χ2v) is 5.64. The molecule has 0 aliphatic carbocycles. The van der Waals surface area contributed by atoms with E-state index in [0.717, 1.165) is 16.0 Å². The summed E-state index contributed by atoms with van der Waals surface area (Å²) in [4.78, 5) is 12.4. The monoisotopic (exact) mass is 305 g/mol. The molecule has 0 fully saturated rings. The average Bonchev–Trinajstić information content (AvgIpc) is 2.47. The number of methoxy groups -OCH3 is 1. The zero-order chi connectivity index (χ0) is 15.4. The van der Waals surface area contributed by atoms with Crippen molar-refractivity contribution < 1.29 is 13.9 Å². The summed E-state index contributed by atoms with van der Waals surface area (Å²) in [6.07, 6.45) is 0. The Balaban J connectivity index is 2.12. The van der Waals surface area contributed by atoms with Crippen LogP contribution in [0.25, 0.3) is 0 Å². The van der Waals surface area contributed by atoms with E-state index in [0.29, 0.717) is 11.4 Å². The minimum absolute atomic E-state index is 0.0496. The van der Waals surface area contributed by atoms with Crippen LogP contribution in [0.5, 0.6) is 0 Å². The van der Waals surface area contributed by atoms with Gasteiger partial charge >= 0.3 is 5.97 Å². The molecule has 0 amide bonds. The lowest BCUT2D eigenvalue weighted by Crippen LogP contribution is -2.04. The first-order valence-corrected chi connectivity index (χ1v) is 7.35. The molecule has 5 heteroatoms. The van der Waals surface area contributed by atoms with Crippen LogP contribution in [0.15, 0.2) is 41.3 Å². The number of carbonyl (C=O) groups excluding carboxylic acids is 1. The zero-order valence-electron chi connectivity index (χ0n) is 11.9. The largest absolute Gasteiger partial charge is 0.465 e. The molecule has 0 bridgehead atoms. The van der Waals surface area contributed by atoms with Gasteiger partial charge in [0.05, 0.1) is 12.7 Å². The van der Waals surface area contributed by atoms with E-state index in [4.69, 9.17) is 5.73 Å². The number of benzene rings is 2. The van der Waals surface area contributed by atoms with Crippen LogP contribution in [0.4, 0.5) is 10.1 Å². The van der Waals surface area contributed by atoms with Crippen molar-refractivity contribution in [3.05, 3.63) is 58.9 Å². The highest BCUT2D eigenvalue weighted by Crippen LogP contribution is 2.28. The van der Waals surface area contributed by atoms with Gasteiger partial charge < -0.3 is 10.5 Å². The normalized spacial score (nSPS) is 10.4. The Hall–Kier alpha value is -2.01. The van der Waals surface area contributed by atoms with Crippen molar-refractivity contribution in [2.24, 2.45) is 0 Å². The maximum atomic E-state index is 13.8. The third kappa shape index (κ3) is 3.76. The summed E-state index contributed by atoms with van der Waals surface area (Å²) >= 11 is 1.58. The fraction of sp³-hybridized carbons (Fsp3) is 0.188. The van der Waals surface area contributed by atoms with Crippen LogP contribution < -0.4 is 5.73 Å². The molecule has 2 rings (SSSR count). The van der Waals surface area contributed by atoms with Gasteiger partial charge in [0.25, 0.3) is 0 Å². The lowest BCUT2D eigenvalue weighted by Gasteiger charge is -2.08. The summed E-state index contributed by atoms with van der Waals surface area (Å²) < 4.78 is 18.3. The van der Waals surface area contributed by atoms with Gasteiger partial charge in [-0.2, -0.15) is 0 Å². The van der Waals surface area contributed by atoms with E-state index < -0.39 is 11.8 Å². The van der Waals surface area contributed by atoms with Gasteiger partial charge in [0, 0.05) is 16.3 Å². The summed E-state index contributed by atoms with van der Waals surface area (Å²) in [6.45, 7) is 2.00. The van der Waals surface area contributed by atoms with Crippen LogP contribution in [0.3, 0.4) is 0 Å². The summed E-state index contributed by atoms with van der Waals surface area (Å²) in [5.41, 5.74) is 8.34. The topological polar surface area (TPSA) is 52.3 Å². The van der Waals surface area contributed by atoms with E-state index in [1.165, 1.54) is 19.2 Å². The minimum atomic E-state index is -0.668. The van der Waals surface area contributed by atoms with Crippen LogP contribution in [-0.2, 0) is 10.5 Å². The van der Waals surface area contributed by atoms with Gasteiger partial charge in [0.2, 0.25) is 0 Å². The average molecular weight is 305 g/mol. The standard InChI is InChI=1S/C16H16FNO2S/c1-10-3-5-12(18)8-15(10)21-9-11-4-6-13(14(17)7-11)16(19)20-2/h3-8H,9,18H2,1-2H3. The number of nitrogen functional groups attached to an aromatic ring is 1. The number of esters is 1. The van der Waals surface area contributed by atoms with E-state index in [-0.39, 0.29) is 5.56 Å². The van der Waals surface area contributed by atoms with Crippen LogP contribution in [0.2, 0.25) is 0 Å². The van der Waals surface area contributed by atoms with Crippen molar-refractivity contribution in [2.75, 3.05) is 12.8 Å². The molecular formula is C16H16FNO2S. The first-order valence-electron chi connectivity index (χ1n) is 6.37. The number of hydrogen-bond donors (Lipinski definition) is 1. The van der Waals surface area contributed by atoms with Crippen molar-refractivity contribution >= 4 is 23.4 Å². The van der Waals surface area contributed by atoms with E-state index in [9.17, 15) is 9.18 Å². The molecule has 0 saturated heterocycles. The molecule has 2 N–H and O–H groups in total. The Morgan fingerprint density at radius 2 is 2.05 bits per heavy atom. The molecular weight excluding hydrogens is 289 g/mol. The number of carbonyl (C=O) groups is 1. The summed E-state index contributed by atoms with van der Waals surface area (Å²) in [6, 6.07) is 10.2. The highest BCUT2D eigenvalue weighted by Gasteiger charge is 2.12. The number of hydrogen-bond acceptors (Lipinski definition) is 4. The number of anilines is 1. The maximum Gasteiger partial charge on any atom is 0.340 e. The maximum absolute atomic E-state index is 13.8. The quantitative estimate of drug-likeness (QED) is 0.530. The molecule has 110 valence electrons. The van der Waals surface area contributed by atoms with Crippen LogP contribution in [-0.4, -0.2) is 13.1 Å². The smallest absolute Gasteiger partial charge is 0.340 e. The summed E-state index contributed by atoms with van der Waals surface area (Å²) in [7, 11) is 1.23. The van der Waals surface area contributed by atoms with E-state index in [1.54, 1.807) is 17.8 Å². The molecule has 2 aromatic rings. The highest BCUT2D eigenvalue weighted by molar-refractivity contribution is 7.98. The fourth-order valence-electron chi connectivity index (χ4n) is 1.86. The molecule has 0 aliphatic heterocycles. The molecule has 0 unspecified atom stereocenters. The first kappa shape index (κ1) is 15.4. The Bertz CT molecular complexity index is 673. The van der Waals surface area contributed by atoms with Gasteiger partial charge in [-0.25, -0.2) is 9.18 Å². The number of ether oxygens (including phenoxy) is 1. The predicted molar refractivity (Wildman–Crippen MR) is 82.9 cm³/mol. The van der Waals surface area contributed by atoms with Crippen LogP contribution in [0, 0.1) is 12.7 Å².